The summed E-state index contributed by atoms with van der Waals surface area (Å²) in [5.74, 6) is 0. The zero-order valence-electron chi connectivity index (χ0n) is 10.4. The maximum absolute atomic E-state index is 6.33. The van der Waals surface area contributed by atoms with Crippen LogP contribution in [-0.2, 0) is 6.54 Å². The van der Waals surface area contributed by atoms with Crippen molar-refractivity contribution in [2.45, 2.75) is 25.9 Å². The standard InChI is InChI=1S/C13H14BrCl2N3/c1-2-6-19-13(8(14)7-18-19)12(17)11-9(15)4-3-5-10(11)16/h3-5,7,12H,2,6,17H2,1H3. The van der Waals surface area contributed by atoms with E-state index in [1.54, 1.807) is 24.4 Å². The molecule has 0 fully saturated rings. The Kier molecular flexibility index (Phi) is 4.90. The average molecular weight is 363 g/mol. The molecule has 19 heavy (non-hydrogen) atoms. The van der Waals surface area contributed by atoms with Crippen LogP contribution in [0.3, 0.4) is 0 Å². The van der Waals surface area contributed by atoms with Crippen LogP contribution in [0.25, 0.3) is 0 Å². The number of halogens is 3. The zero-order chi connectivity index (χ0) is 14.0. The van der Waals surface area contributed by atoms with E-state index >= 15 is 0 Å². The lowest BCUT2D eigenvalue weighted by atomic mass is 10.0. The lowest BCUT2D eigenvalue weighted by Gasteiger charge is -2.17. The number of hydrogen-bond acceptors (Lipinski definition) is 2. The monoisotopic (exact) mass is 361 g/mol. The van der Waals surface area contributed by atoms with Crippen molar-refractivity contribution in [1.82, 2.24) is 9.78 Å². The second-order valence-electron chi connectivity index (χ2n) is 4.21. The highest BCUT2D eigenvalue weighted by Crippen LogP contribution is 2.35. The number of nitrogens with zero attached hydrogens (tertiary/aromatic N) is 2. The Labute approximate surface area is 130 Å². The van der Waals surface area contributed by atoms with E-state index in [9.17, 15) is 0 Å². The van der Waals surface area contributed by atoms with Gasteiger partial charge in [0.2, 0.25) is 0 Å². The first-order valence-corrected chi connectivity index (χ1v) is 7.51. The van der Waals surface area contributed by atoms with Gasteiger partial charge in [0.1, 0.15) is 0 Å². The molecule has 6 heteroatoms. The van der Waals surface area contributed by atoms with Crippen LogP contribution in [0, 0.1) is 0 Å². The summed E-state index contributed by atoms with van der Waals surface area (Å²) in [6.07, 6.45) is 2.72. The molecule has 1 aromatic carbocycles. The van der Waals surface area contributed by atoms with Gasteiger partial charge in [-0.25, -0.2) is 0 Å². The molecule has 0 bridgehead atoms. The van der Waals surface area contributed by atoms with Gasteiger partial charge in [-0.3, -0.25) is 4.68 Å². The Bertz CT molecular complexity index is 563. The van der Waals surface area contributed by atoms with Crippen LogP contribution in [0.2, 0.25) is 10.0 Å². The van der Waals surface area contributed by atoms with E-state index in [1.165, 1.54) is 0 Å². The van der Waals surface area contributed by atoms with Gasteiger partial charge in [-0.2, -0.15) is 5.10 Å². The fourth-order valence-corrected chi connectivity index (χ4v) is 3.19. The molecule has 0 saturated heterocycles. The maximum Gasteiger partial charge on any atom is 0.0764 e. The quantitative estimate of drug-likeness (QED) is 0.875. The minimum Gasteiger partial charge on any atom is -0.319 e. The van der Waals surface area contributed by atoms with Crippen LogP contribution >= 0.6 is 39.1 Å². The molecular formula is C13H14BrCl2N3. The van der Waals surface area contributed by atoms with E-state index in [-0.39, 0.29) is 0 Å². The van der Waals surface area contributed by atoms with Gasteiger partial charge >= 0.3 is 0 Å². The van der Waals surface area contributed by atoms with Crippen LogP contribution in [0.4, 0.5) is 0 Å². The third-order valence-corrected chi connectivity index (χ3v) is 4.14. The summed E-state index contributed by atoms with van der Waals surface area (Å²) in [5.41, 5.74) is 7.95. The smallest absolute Gasteiger partial charge is 0.0764 e. The summed E-state index contributed by atoms with van der Waals surface area (Å²) in [6.45, 7) is 2.89. The largest absolute Gasteiger partial charge is 0.319 e. The number of rotatable bonds is 4. The van der Waals surface area contributed by atoms with Crippen molar-refractivity contribution >= 4 is 39.1 Å². The van der Waals surface area contributed by atoms with Crippen molar-refractivity contribution < 1.29 is 0 Å². The molecule has 2 rings (SSSR count). The number of aryl methyl sites for hydroxylation is 1. The van der Waals surface area contributed by atoms with Crippen LogP contribution in [0.1, 0.15) is 30.6 Å². The third-order valence-electron chi connectivity index (χ3n) is 2.87. The van der Waals surface area contributed by atoms with Gasteiger partial charge in [0.05, 0.1) is 22.4 Å². The lowest BCUT2D eigenvalue weighted by molar-refractivity contribution is 0.559. The molecule has 1 atom stereocenters. The van der Waals surface area contributed by atoms with Crippen molar-refractivity contribution in [1.29, 1.82) is 0 Å². The maximum atomic E-state index is 6.33. The first kappa shape index (κ1) is 14.9. The molecule has 3 nitrogen and oxygen atoms in total. The summed E-state index contributed by atoms with van der Waals surface area (Å²) < 4.78 is 2.75. The molecule has 0 aliphatic carbocycles. The Morgan fingerprint density at radius 1 is 1.37 bits per heavy atom. The zero-order valence-corrected chi connectivity index (χ0v) is 13.5. The number of benzene rings is 1. The van der Waals surface area contributed by atoms with Crippen molar-refractivity contribution in [3.05, 3.63) is 50.2 Å². The molecular weight excluding hydrogens is 349 g/mol. The minimum atomic E-state index is -0.412. The van der Waals surface area contributed by atoms with Crippen LogP contribution < -0.4 is 5.73 Å². The SMILES string of the molecule is CCCn1ncc(Br)c1C(N)c1c(Cl)cccc1Cl. The molecule has 1 aromatic heterocycles. The van der Waals surface area contributed by atoms with Crippen LogP contribution in [-0.4, -0.2) is 9.78 Å². The molecule has 2 N–H and O–H groups in total. The van der Waals surface area contributed by atoms with E-state index in [0.717, 1.165) is 28.7 Å². The normalized spacial score (nSPS) is 12.7. The Morgan fingerprint density at radius 2 is 2.00 bits per heavy atom. The molecule has 0 aliphatic heterocycles. The minimum absolute atomic E-state index is 0.412. The third kappa shape index (κ3) is 2.97. The van der Waals surface area contributed by atoms with Crippen LogP contribution in [0.15, 0.2) is 28.9 Å². The van der Waals surface area contributed by atoms with Crippen molar-refractivity contribution in [2.24, 2.45) is 5.73 Å². The molecule has 0 spiro atoms. The number of hydrogen-bond donors (Lipinski definition) is 1. The molecule has 2 aromatic rings. The lowest BCUT2D eigenvalue weighted by Crippen LogP contribution is -2.19. The van der Waals surface area contributed by atoms with Gasteiger partial charge in [-0.05, 0) is 34.5 Å². The molecule has 0 saturated carbocycles. The first-order valence-electron chi connectivity index (χ1n) is 5.97. The Morgan fingerprint density at radius 3 is 2.58 bits per heavy atom. The molecule has 1 heterocycles. The van der Waals surface area contributed by atoms with Crippen LogP contribution in [0.5, 0.6) is 0 Å². The van der Waals surface area contributed by atoms with Crippen molar-refractivity contribution in [3.8, 4) is 0 Å². The van der Waals surface area contributed by atoms with E-state index in [4.69, 9.17) is 28.9 Å². The molecule has 0 aliphatic rings. The fraction of sp³-hybridized carbons (Fsp3) is 0.308. The second kappa shape index (κ2) is 6.27. The first-order chi connectivity index (χ1) is 9.06. The van der Waals surface area contributed by atoms with Gasteiger partial charge in [-0.15, -0.1) is 0 Å². The summed E-state index contributed by atoms with van der Waals surface area (Å²) in [4.78, 5) is 0. The van der Waals surface area contributed by atoms with Gasteiger partial charge < -0.3 is 5.73 Å². The van der Waals surface area contributed by atoms with Gasteiger partial charge in [0.15, 0.2) is 0 Å². The highest BCUT2D eigenvalue weighted by atomic mass is 79.9. The Balaban J connectivity index is 2.50. The van der Waals surface area contributed by atoms with E-state index in [0.29, 0.717) is 10.0 Å². The highest BCUT2D eigenvalue weighted by Gasteiger charge is 2.22. The summed E-state index contributed by atoms with van der Waals surface area (Å²) in [7, 11) is 0. The summed E-state index contributed by atoms with van der Waals surface area (Å²) in [5, 5.41) is 5.45. The fourth-order valence-electron chi connectivity index (χ4n) is 2.02. The van der Waals surface area contributed by atoms with E-state index in [1.807, 2.05) is 4.68 Å². The van der Waals surface area contributed by atoms with Crippen molar-refractivity contribution in [2.75, 3.05) is 0 Å². The molecule has 0 radical (unpaired) electrons. The second-order valence-corrected chi connectivity index (χ2v) is 5.88. The summed E-state index contributed by atoms with van der Waals surface area (Å²) >= 11 is 15.9. The summed E-state index contributed by atoms with van der Waals surface area (Å²) in [6, 6.07) is 4.97. The predicted octanol–water partition coefficient (Wildman–Crippen LogP) is 4.41. The number of nitrogens with two attached hydrogens (primary N) is 1. The topological polar surface area (TPSA) is 43.8 Å². The van der Waals surface area contributed by atoms with E-state index < -0.39 is 6.04 Å². The average Bonchev–Trinajstić information content (AvgIpc) is 2.70. The van der Waals surface area contributed by atoms with E-state index in [2.05, 4.69) is 28.0 Å². The highest BCUT2D eigenvalue weighted by molar-refractivity contribution is 9.10. The number of aromatic nitrogens is 2. The van der Waals surface area contributed by atoms with Gasteiger partial charge in [0.25, 0.3) is 0 Å². The predicted molar refractivity (Wildman–Crippen MR) is 82.7 cm³/mol. The van der Waals surface area contributed by atoms with Crippen molar-refractivity contribution in [3.63, 3.8) is 0 Å². The Hall–Kier alpha value is -0.550. The molecule has 0 amide bonds. The van der Waals surface area contributed by atoms with Gasteiger partial charge in [0, 0.05) is 22.2 Å². The molecule has 1 unspecified atom stereocenters. The molecule has 102 valence electrons. The van der Waals surface area contributed by atoms with Gasteiger partial charge in [-0.1, -0.05) is 36.2 Å².